The van der Waals surface area contributed by atoms with Crippen molar-refractivity contribution in [3.8, 4) is 0 Å². The monoisotopic (exact) mass is 235 g/mol. The maximum absolute atomic E-state index is 4.50. The number of imidazole rings is 1. The first kappa shape index (κ1) is 13.8. The highest BCUT2D eigenvalue weighted by molar-refractivity contribution is 5.30. The van der Waals surface area contributed by atoms with Crippen molar-refractivity contribution in [2.75, 3.05) is 5.32 Å². The van der Waals surface area contributed by atoms with Crippen LogP contribution in [0.4, 0.5) is 5.95 Å². The molecule has 1 aromatic rings. The second-order valence-corrected chi connectivity index (χ2v) is 5.16. The maximum atomic E-state index is 4.50. The van der Waals surface area contributed by atoms with Gasteiger partial charge in [-0.3, -0.25) is 0 Å². The highest BCUT2D eigenvalue weighted by Crippen LogP contribution is 2.13. The summed E-state index contributed by atoms with van der Waals surface area (Å²) in [7, 11) is 0. The minimum atomic E-state index is 0.461. The predicted octanol–water partition coefficient (Wildman–Crippen LogP) is 3.61. The lowest BCUT2D eigenvalue weighted by Crippen LogP contribution is -2.18. The number of nitrogens with one attached hydrogen (secondary N) is 1. The van der Waals surface area contributed by atoms with Gasteiger partial charge in [-0.1, -0.05) is 19.9 Å². The molecule has 0 bridgehead atoms. The van der Waals surface area contributed by atoms with Crippen LogP contribution in [0.3, 0.4) is 0 Å². The van der Waals surface area contributed by atoms with E-state index in [-0.39, 0.29) is 0 Å². The number of rotatable bonds is 7. The van der Waals surface area contributed by atoms with Gasteiger partial charge in [-0.05, 0) is 32.6 Å². The summed E-state index contributed by atoms with van der Waals surface area (Å²) in [6.07, 6.45) is 6.37. The van der Waals surface area contributed by atoms with E-state index in [9.17, 15) is 0 Å². The molecule has 0 radical (unpaired) electrons. The van der Waals surface area contributed by atoms with Crippen LogP contribution in [0.5, 0.6) is 0 Å². The lowest BCUT2D eigenvalue weighted by atomic mass is 10.0. The van der Waals surface area contributed by atoms with Crippen molar-refractivity contribution < 1.29 is 0 Å². The fraction of sp³-hybridized carbons (Fsp3) is 0.643. The number of aryl methyl sites for hydroxylation is 1. The fourth-order valence-corrected chi connectivity index (χ4v) is 1.82. The summed E-state index contributed by atoms with van der Waals surface area (Å²) < 4.78 is 2.11. The first-order chi connectivity index (χ1) is 8.02. The number of anilines is 1. The zero-order valence-electron chi connectivity index (χ0n) is 11.5. The van der Waals surface area contributed by atoms with Gasteiger partial charge in [0.15, 0.2) is 0 Å². The van der Waals surface area contributed by atoms with Crippen LogP contribution >= 0.6 is 0 Å². The van der Waals surface area contributed by atoms with Crippen LogP contribution in [0, 0.1) is 12.8 Å². The van der Waals surface area contributed by atoms with Gasteiger partial charge >= 0.3 is 0 Å². The van der Waals surface area contributed by atoms with E-state index in [1.807, 2.05) is 13.0 Å². The molecule has 0 amide bonds. The molecule has 3 nitrogen and oxygen atoms in total. The molecular formula is C14H25N3. The van der Waals surface area contributed by atoms with Gasteiger partial charge in [-0.2, -0.15) is 0 Å². The van der Waals surface area contributed by atoms with Gasteiger partial charge in [0.05, 0.1) is 5.69 Å². The number of allylic oxidation sites excluding steroid dienone is 1. The SMILES string of the molecule is C=CCn1cc(C)nc1NC(C)CCC(C)C. The lowest BCUT2D eigenvalue weighted by molar-refractivity contribution is 0.525. The Morgan fingerprint density at radius 2 is 2.12 bits per heavy atom. The zero-order valence-corrected chi connectivity index (χ0v) is 11.5. The lowest BCUT2D eigenvalue weighted by Gasteiger charge is -2.16. The molecule has 0 aliphatic rings. The molecule has 1 N–H and O–H groups in total. The molecule has 0 spiro atoms. The Balaban J connectivity index is 2.57. The Labute approximate surface area is 105 Å². The summed E-state index contributed by atoms with van der Waals surface area (Å²) in [6, 6.07) is 0.461. The Bertz CT molecular complexity index is 352. The molecule has 17 heavy (non-hydrogen) atoms. The first-order valence-electron chi connectivity index (χ1n) is 6.44. The summed E-state index contributed by atoms with van der Waals surface area (Å²) >= 11 is 0. The Kier molecular flexibility index (Phi) is 5.26. The maximum Gasteiger partial charge on any atom is 0.203 e. The predicted molar refractivity (Wildman–Crippen MR) is 74.3 cm³/mol. The standard InChI is InChI=1S/C14H25N3/c1-6-9-17-10-13(5)16-14(17)15-12(4)8-7-11(2)3/h6,10-12H,1,7-9H2,2-5H3,(H,15,16). The van der Waals surface area contributed by atoms with Crippen LogP contribution in [0.25, 0.3) is 0 Å². The third-order valence-electron chi connectivity index (χ3n) is 2.78. The molecule has 1 heterocycles. The van der Waals surface area contributed by atoms with Crippen molar-refractivity contribution in [3.63, 3.8) is 0 Å². The largest absolute Gasteiger partial charge is 0.353 e. The van der Waals surface area contributed by atoms with E-state index in [1.165, 1.54) is 12.8 Å². The van der Waals surface area contributed by atoms with E-state index in [2.05, 4.69) is 48.4 Å². The summed E-state index contributed by atoms with van der Waals surface area (Å²) in [5.41, 5.74) is 1.05. The van der Waals surface area contributed by atoms with Gasteiger partial charge in [0.25, 0.3) is 0 Å². The van der Waals surface area contributed by atoms with Gasteiger partial charge in [-0.15, -0.1) is 6.58 Å². The molecule has 0 aromatic carbocycles. The third kappa shape index (κ3) is 4.63. The van der Waals surface area contributed by atoms with Crippen LogP contribution in [0.15, 0.2) is 18.9 Å². The molecule has 0 aliphatic heterocycles. The van der Waals surface area contributed by atoms with Gasteiger partial charge in [-0.25, -0.2) is 4.98 Å². The molecule has 1 atom stereocenters. The van der Waals surface area contributed by atoms with Gasteiger partial charge in [0, 0.05) is 18.8 Å². The van der Waals surface area contributed by atoms with Crippen LogP contribution in [0.2, 0.25) is 0 Å². The molecule has 0 aliphatic carbocycles. The average molecular weight is 235 g/mol. The van der Waals surface area contributed by atoms with Crippen molar-refractivity contribution >= 4 is 5.95 Å². The quantitative estimate of drug-likeness (QED) is 0.732. The van der Waals surface area contributed by atoms with Crippen molar-refractivity contribution in [2.24, 2.45) is 5.92 Å². The van der Waals surface area contributed by atoms with Crippen molar-refractivity contribution in [3.05, 3.63) is 24.5 Å². The van der Waals surface area contributed by atoms with Gasteiger partial charge in [0.1, 0.15) is 0 Å². The number of hydrogen-bond donors (Lipinski definition) is 1. The van der Waals surface area contributed by atoms with E-state index in [0.717, 1.165) is 24.1 Å². The zero-order chi connectivity index (χ0) is 12.8. The highest BCUT2D eigenvalue weighted by Gasteiger charge is 2.08. The molecule has 0 saturated carbocycles. The summed E-state index contributed by atoms with van der Waals surface area (Å²) in [4.78, 5) is 4.50. The van der Waals surface area contributed by atoms with Gasteiger partial charge < -0.3 is 9.88 Å². The van der Waals surface area contributed by atoms with Gasteiger partial charge in [0.2, 0.25) is 5.95 Å². The third-order valence-corrected chi connectivity index (χ3v) is 2.78. The number of aromatic nitrogens is 2. The minimum absolute atomic E-state index is 0.461. The Morgan fingerprint density at radius 3 is 2.71 bits per heavy atom. The summed E-state index contributed by atoms with van der Waals surface area (Å²) in [5, 5.41) is 3.48. The first-order valence-corrected chi connectivity index (χ1v) is 6.44. The molecule has 96 valence electrons. The van der Waals surface area contributed by atoms with Crippen molar-refractivity contribution in [1.82, 2.24) is 9.55 Å². The normalized spacial score (nSPS) is 12.8. The molecular weight excluding hydrogens is 210 g/mol. The van der Waals surface area contributed by atoms with E-state index >= 15 is 0 Å². The van der Waals surface area contributed by atoms with E-state index < -0.39 is 0 Å². The summed E-state index contributed by atoms with van der Waals surface area (Å²) in [5.74, 6) is 1.72. The Hall–Kier alpha value is -1.25. The average Bonchev–Trinajstić information content (AvgIpc) is 2.57. The molecule has 0 fully saturated rings. The molecule has 1 unspecified atom stereocenters. The number of hydrogen-bond acceptors (Lipinski definition) is 2. The van der Waals surface area contributed by atoms with Crippen LogP contribution < -0.4 is 5.32 Å². The Morgan fingerprint density at radius 1 is 1.41 bits per heavy atom. The second-order valence-electron chi connectivity index (χ2n) is 5.16. The van der Waals surface area contributed by atoms with Crippen LogP contribution in [-0.2, 0) is 6.54 Å². The van der Waals surface area contributed by atoms with E-state index in [1.54, 1.807) is 0 Å². The molecule has 0 saturated heterocycles. The van der Waals surface area contributed by atoms with Crippen molar-refractivity contribution in [2.45, 2.75) is 53.1 Å². The van der Waals surface area contributed by atoms with E-state index in [4.69, 9.17) is 0 Å². The highest BCUT2D eigenvalue weighted by atomic mass is 15.2. The molecule has 1 aromatic heterocycles. The van der Waals surface area contributed by atoms with Crippen LogP contribution in [-0.4, -0.2) is 15.6 Å². The molecule has 1 rings (SSSR count). The van der Waals surface area contributed by atoms with Crippen LogP contribution in [0.1, 0.15) is 39.3 Å². The second kappa shape index (κ2) is 6.48. The number of nitrogens with zero attached hydrogens (tertiary/aromatic N) is 2. The topological polar surface area (TPSA) is 29.9 Å². The smallest absolute Gasteiger partial charge is 0.203 e. The fourth-order valence-electron chi connectivity index (χ4n) is 1.82. The van der Waals surface area contributed by atoms with Crippen molar-refractivity contribution in [1.29, 1.82) is 0 Å². The minimum Gasteiger partial charge on any atom is -0.353 e. The molecule has 3 heteroatoms. The summed E-state index contributed by atoms with van der Waals surface area (Å²) in [6.45, 7) is 13.3. The van der Waals surface area contributed by atoms with E-state index in [0.29, 0.717) is 6.04 Å².